The highest BCUT2D eigenvalue weighted by atomic mass is 16.5. The quantitative estimate of drug-likeness (QED) is 0.917. The third-order valence-electron chi connectivity index (χ3n) is 4.31. The van der Waals surface area contributed by atoms with Gasteiger partial charge in [-0.2, -0.15) is 0 Å². The number of carboxylic acids is 1. The van der Waals surface area contributed by atoms with Gasteiger partial charge < -0.3 is 14.3 Å². The van der Waals surface area contributed by atoms with Crippen LogP contribution >= 0.6 is 0 Å². The van der Waals surface area contributed by atoms with Crippen molar-refractivity contribution in [2.75, 3.05) is 13.2 Å². The van der Waals surface area contributed by atoms with Crippen LogP contribution < -0.4 is 0 Å². The maximum atomic E-state index is 11.6. The van der Waals surface area contributed by atoms with Gasteiger partial charge in [0, 0.05) is 0 Å². The molecule has 0 saturated carbocycles. The van der Waals surface area contributed by atoms with Crippen molar-refractivity contribution >= 4 is 17.1 Å². The van der Waals surface area contributed by atoms with Crippen LogP contribution in [0.5, 0.6) is 0 Å². The van der Waals surface area contributed by atoms with Crippen LogP contribution in [0.3, 0.4) is 0 Å². The summed E-state index contributed by atoms with van der Waals surface area (Å²) in [5, 5.41) is 9.49. The second kappa shape index (κ2) is 3.81. The normalized spacial score (nSPS) is 18.2. The van der Waals surface area contributed by atoms with Gasteiger partial charge in [0.2, 0.25) is 0 Å². The molecule has 0 bridgehead atoms. The molecule has 1 N–H and O–H groups in total. The summed E-state index contributed by atoms with van der Waals surface area (Å²) in [6, 6.07) is 5.64. The predicted molar refractivity (Wildman–Crippen MR) is 67.9 cm³/mol. The zero-order chi connectivity index (χ0) is 13.7. The summed E-state index contributed by atoms with van der Waals surface area (Å²) in [4.78, 5) is 15.6. The molecule has 3 rings (SSSR count). The molecule has 0 amide bonds. The Morgan fingerprint density at radius 3 is 2.74 bits per heavy atom. The minimum atomic E-state index is -0.904. The Morgan fingerprint density at radius 2 is 2.16 bits per heavy atom. The first-order valence-electron chi connectivity index (χ1n) is 6.12. The number of hydrogen-bond donors (Lipinski definition) is 1. The molecule has 5 nitrogen and oxygen atoms in total. The van der Waals surface area contributed by atoms with E-state index < -0.39 is 16.8 Å². The van der Waals surface area contributed by atoms with E-state index in [9.17, 15) is 9.90 Å². The molecule has 0 aliphatic carbocycles. The van der Waals surface area contributed by atoms with Crippen molar-refractivity contribution in [1.29, 1.82) is 0 Å². The molecule has 1 fully saturated rings. The van der Waals surface area contributed by atoms with E-state index in [4.69, 9.17) is 9.15 Å². The number of fused-ring (bicyclic) bond motifs is 1. The van der Waals surface area contributed by atoms with Crippen molar-refractivity contribution in [3.8, 4) is 0 Å². The van der Waals surface area contributed by atoms with Crippen LogP contribution in [-0.4, -0.2) is 29.3 Å². The number of hydrogen-bond acceptors (Lipinski definition) is 4. The number of aliphatic carboxylic acids is 1. The van der Waals surface area contributed by atoms with Crippen LogP contribution in [0.4, 0.5) is 0 Å². The average molecular weight is 261 g/mol. The van der Waals surface area contributed by atoms with E-state index in [0.29, 0.717) is 18.8 Å². The molecule has 1 aromatic heterocycles. The molecule has 1 saturated heterocycles. The summed E-state index contributed by atoms with van der Waals surface area (Å²) >= 11 is 0. The lowest BCUT2D eigenvalue weighted by Crippen LogP contribution is -2.59. The number of aromatic nitrogens is 1. The van der Waals surface area contributed by atoms with Gasteiger partial charge in [-0.1, -0.05) is 6.07 Å². The Bertz CT molecular complexity index is 640. The van der Waals surface area contributed by atoms with E-state index in [0.717, 1.165) is 11.1 Å². The van der Waals surface area contributed by atoms with Crippen molar-refractivity contribution < 1.29 is 19.1 Å². The summed E-state index contributed by atoms with van der Waals surface area (Å²) < 4.78 is 10.6. The molecule has 5 heteroatoms. The Morgan fingerprint density at radius 1 is 1.42 bits per heavy atom. The largest absolute Gasteiger partial charge is 0.481 e. The predicted octanol–water partition coefficient (Wildman–Crippen LogP) is 2.21. The zero-order valence-electron chi connectivity index (χ0n) is 10.8. The standard InChI is InChI=1S/C14H15NO4/c1-13(2,12(16)17)14(6-18-7-14)9-3-4-10-11(5-9)19-8-15-10/h3-5,8H,6-7H2,1-2H3,(H,16,17). The molecule has 1 aliphatic heterocycles. The van der Waals surface area contributed by atoms with Gasteiger partial charge in [0.15, 0.2) is 12.0 Å². The topological polar surface area (TPSA) is 72.6 Å². The van der Waals surface area contributed by atoms with Gasteiger partial charge in [-0.3, -0.25) is 4.79 Å². The van der Waals surface area contributed by atoms with Crippen LogP contribution in [-0.2, 0) is 14.9 Å². The summed E-state index contributed by atoms with van der Waals surface area (Å²) in [5.41, 5.74) is 0.950. The van der Waals surface area contributed by atoms with Gasteiger partial charge in [0.25, 0.3) is 0 Å². The maximum absolute atomic E-state index is 11.6. The van der Waals surface area contributed by atoms with Crippen molar-refractivity contribution in [3.05, 3.63) is 30.2 Å². The van der Waals surface area contributed by atoms with Crippen LogP contribution in [0.15, 0.2) is 29.0 Å². The first-order valence-corrected chi connectivity index (χ1v) is 6.12. The summed E-state index contributed by atoms with van der Waals surface area (Å²) in [6.07, 6.45) is 1.39. The molecule has 2 aromatic rings. The van der Waals surface area contributed by atoms with Crippen molar-refractivity contribution in [1.82, 2.24) is 4.98 Å². The first-order chi connectivity index (χ1) is 8.97. The second-order valence-corrected chi connectivity index (χ2v) is 5.54. The molecule has 0 atom stereocenters. The SMILES string of the molecule is CC(C)(C(=O)O)C1(c2ccc3ncoc3c2)COC1. The summed E-state index contributed by atoms with van der Waals surface area (Å²) in [5.74, 6) is -0.825. The van der Waals surface area contributed by atoms with E-state index in [1.807, 2.05) is 18.2 Å². The van der Waals surface area contributed by atoms with E-state index in [2.05, 4.69) is 4.98 Å². The number of oxazole rings is 1. The van der Waals surface area contributed by atoms with E-state index >= 15 is 0 Å². The molecule has 100 valence electrons. The van der Waals surface area contributed by atoms with Crippen molar-refractivity contribution in [3.63, 3.8) is 0 Å². The highest BCUT2D eigenvalue weighted by Gasteiger charge is 2.56. The molecule has 0 unspecified atom stereocenters. The first kappa shape index (κ1) is 12.2. The molecule has 1 aliphatic rings. The van der Waals surface area contributed by atoms with Crippen LogP contribution in [0, 0.1) is 5.41 Å². The molecular weight excluding hydrogens is 246 g/mol. The smallest absolute Gasteiger partial charge is 0.310 e. The van der Waals surface area contributed by atoms with Gasteiger partial charge >= 0.3 is 5.97 Å². The molecule has 1 aromatic carbocycles. The van der Waals surface area contributed by atoms with Crippen molar-refractivity contribution in [2.24, 2.45) is 5.41 Å². The minimum Gasteiger partial charge on any atom is -0.481 e. The number of rotatable bonds is 3. The highest BCUT2D eigenvalue weighted by molar-refractivity contribution is 5.78. The fourth-order valence-electron chi connectivity index (χ4n) is 2.55. The Hall–Kier alpha value is -1.88. The monoisotopic (exact) mass is 261 g/mol. The zero-order valence-corrected chi connectivity index (χ0v) is 10.8. The van der Waals surface area contributed by atoms with Gasteiger partial charge in [-0.25, -0.2) is 4.98 Å². The molecular formula is C14H15NO4. The average Bonchev–Trinajstić information content (AvgIpc) is 2.74. The third kappa shape index (κ3) is 1.51. The van der Waals surface area contributed by atoms with E-state index in [-0.39, 0.29) is 0 Å². The number of carbonyl (C=O) groups is 1. The molecule has 19 heavy (non-hydrogen) atoms. The lowest BCUT2D eigenvalue weighted by Gasteiger charge is -2.50. The lowest BCUT2D eigenvalue weighted by molar-refractivity contribution is -0.171. The van der Waals surface area contributed by atoms with Gasteiger partial charge in [0.1, 0.15) is 5.52 Å². The van der Waals surface area contributed by atoms with Gasteiger partial charge in [-0.15, -0.1) is 0 Å². The number of ether oxygens (including phenoxy) is 1. The second-order valence-electron chi connectivity index (χ2n) is 5.54. The highest BCUT2D eigenvalue weighted by Crippen LogP contribution is 2.48. The summed E-state index contributed by atoms with van der Waals surface area (Å²) in [6.45, 7) is 4.29. The fraction of sp³-hybridized carbons (Fsp3) is 0.429. The van der Waals surface area contributed by atoms with E-state index in [1.165, 1.54) is 6.39 Å². The third-order valence-corrected chi connectivity index (χ3v) is 4.31. The Labute approximate surface area is 110 Å². The summed E-state index contributed by atoms with van der Waals surface area (Å²) in [7, 11) is 0. The van der Waals surface area contributed by atoms with Crippen LogP contribution in [0.2, 0.25) is 0 Å². The number of nitrogens with zero attached hydrogens (tertiary/aromatic N) is 1. The van der Waals surface area contributed by atoms with Gasteiger partial charge in [0.05, 0.1) is 24.0 Å². The number of carboxylic acid groups (broad SMARTS) is 1. The molecule has 0 spiro atoms. The molecule has 0 radical (unpaired) electrons. The van der Waals surface area contributed by atoms with Gasteiger partial charge in [-0.05, 0) is 31.5 Å². The van der Waals surface area contributed by atoms with Crippen LogP contribution in [0.25, 0.3) is 11.1 Å². The number of benzene rings is 1. The maximum Gasteiger partial charge on any atom is 0.310 e. The lowest BCUT2D eigenvalue weighted by atomic mass is 9.60. The minimum absolute atomic E-state index is 0.409. The molecule has 2 heterocycles. The fourth-order valence-corrected chi connectivity index (χ4v) is 2.55. The van der Waals surface area contributed by atoms with E-state index in [1.54, 1.807) is 13.8 Å². The van der Waals surface area contributed by atoms with Crippen LogP contribution in [0.1, 0.15) is 19.4 Å². The Kier molecular flexibility index (Phi) is 2.44. The van der Waals surface area contributed by atoms with Crippen molar-refractivity contribution in [2.45, 2.75) is 19.3 Å². The Balaban J connectivity index is 2.13.